The molecule has 0 atom stereocenters. The van der Waals surface area contributed by atoms with Gasteiger partial charge in [0.05, 0.1) is 17.9 Å². The Bertz CT molecular complexity index is 2380. The Labute approximate surface area is 245 Å². The predicted octanol–water partition coefficient (Wildman–Crippen LogP) is 10.3. The summed E-state index contributed by atoms with van der Waals surface area (Å²) >= 11 is 0. The number of para-hydroxylation sites is 3. The molecule has 0 radical (unpaired) electrons. The molecule has 0 N–H and O–H groups in total. The van der Waals surface area contributed by atoms with Gasteiger partial charge in [0.1, 0.15) is 5.82 Å². The molecule has 0 bridgehead atoms. The fourth-order valence-electron chi connectivity index (χ4n) is 5.92. The molecule has 8 rings (SSSR count). The van der Waals surface area contributed by atoms with Crippen molar-refractivity contribution in [2.24, 2.45) is 0 Å². The Balaban J connectivity index is 1.47. The highest BCUT2D eigenvalue weighted by atomic mass is 15.1. The van der Waals surface area contributed by atoms with Crippen molar-refractivity contribution in [3.8, 4) is 39.3 Å². The normalized spacial score (nSPS) is 13.1. The van der Waals surface area contributed by atoms with Crippen LogP contribution in [0.4, 0.5) is 0 Å². The first kappa shape index (κ1) is 18.8. The number of rotatable bonds is 4. The van der Waals surface area contributed by atoms with E-state index in [2.05, 4.69) is 60.7 Å². The highest BCUT2D eigenvalue weighted by molar-refractivity contribution is 6.21. The summed E-state index contributed by atoms with van der Waals surface area (Å²) < 4.78 is 44.6. The van der Waals surface area contributed by atoms with Crippen LogP contribution >= 0.6 is 0 Å². The third kappa shape index (κ3) is 3.84. The van der Waals surface area contributed by atoms with Crippen molar-refractivity contribution in [3.05, 3.63) is 158 Å². The molecule has 1 aromatic heterocycles. The molecule has 0 aliphatic heterocycles. The minimum absolute atomic E-state index is 0.0726. The third-order valence-corrected chi connectivity index (χ3v) is 7.71. The Kier molecular flexibility index (Phi) is 4.40. The molecule has 0 saturated carbocycles. The minimum atomic E-state index is -0.428. The Morgan fingerprint density at radius 3 is 1.63 bits per heavy atom. The molecule has 2 heteroatoms. The number of fused-ring (bicyclic) bond motifs is 3. The summed E-state index contributed by atoms with van der Waals surface area (Å²) in [7, 11) is 0. The molecule has 41 heavy (non-hydrogen) atoms. The van der Waals surface area contributed by atoms with Gasteiger partial charge in [0.25, 0.3) is 0 Å². The first-order valence-corrected chi connectivity index (χ1v) is 13.6. The summed E-state index contributed by atoms with van der Waals surface area (Å²) in [6.45, 7) is 0. The Morgan fingerprint density at radius 2 is 0.976 bits per heavy atom. The van der Waals surface area contributed by atoms with Gasteiger partial charge < -0.3 is 0 Å². The van der Waals surface area contributed by atoms with Crippen LogP contribution in [-0.2, 0) is 0 Å². The molecule has 0 aliphatic carbocycles. The molecule has 0 amide bonds. The number of benzene rings is 7. The second kappa shape index (κ2) is 9.62. The molecule has 0 saturated heterocycles. The molecular formula is C39H26N2. The van der Waals surface area contributed by atoms with Crippen molar-refractivity contribution in [2.75, 3.05) is 0 Å². The highest BCUT2D eigenvalue weighted by Crippen LogP contribution is 2.44. The van der Waals surface area contributed by atoms with Crippen LogP contribution in [0.2, 0.25) is 0 Å². The molecule has 192 valence electrons. The van der Waals surface area contributed by atoms with E-state index < -0.39 is 6.04 Å². The number of aromatic nitrogens is 2. The topological polar surface area (TPSA) is 17.8 Å². The van der Waals surface area contributed by atoms with Crippen molar-refractivity contribution in [1.29, 1.82) is 0 Å². The van der Waals surface area contributed by atoms with Crippen molar-refractivity contribution in [1.82, 2.24) is 9.55 Å². The van der Waals surface area contributed by atoms with E-state index in [-0.39, 0.29) is 29.9 Å². The van der Waals surface area contributed by atoms with Crippen LogP contribution in [0.15, 0.2) is 158 Å². The van der Waals surface area contributed by atoms with Gasteiger partial charge in [-0.1, -0.05) is 133 Å². The molecule has 7 aromatic carbocycles. The molecule has 2 nitrogen and oxygen atoms in total. The molecule has 0 unspecified atom stereocenters. The summed E-state index contributed by atoms with van der Waals surface area (Å²) in [6.07, 6.45) is 0. The van der Waals surface area contributed by atoms with E-state index in [9.17, 15) is 0 Å². The quantitative estimate of drug-likeness (QED) is 0.208. The van der Waals surface area contributed by atoms with Gasteiger partial charge in [-0.2, -0.15) is 0 Å². The van der Waals surface area contributed by atoms with E-state index in [1.807, 2.05) is 66.7 Å². The van der Waals surface area contributed by atoms with E-state index in [1.54, 1.807) is 4.57 Å². The zero-order chi connectivity index (χ0) is 31.5. The number of hydrogen-bond acceptors (Lipinski definition) is 1. The van der Waals surface area contributed by atoms with Crippen molar-refractivity contribution < 1.29 is 6.85 Å². The molecule has 1 heterocycles. The third-order valence-electron chi connectivity index (χ3n) is 7.71. The predicted molar refractivity (Wildman–Crippen MR) is 172 cm³/mol. The van der Waals surface area contributed by atoms with Gasteiger partial charge in [-0.25, -0.2) is 4.98 Å². The SMILES string of the molecule is [2H]c1c([2H])c([2H])c(-n2c(-c3c4ccccc4c(-c4ccc(-c5ccccc5)cc4)c4ccccc34)nc3ccccc32)c([2H])c1[2H]. The first-order chi connectivity index (χ1) is 22.4. The Hall–Kier alpha value is -5.47. The Morgan fingerprint density at radius 1 is 0.463 bits per heavy atom. The van der Waals surface area contributed by atoms with Gasteiger partial charge in [-0.05, 0) is 68.0 Å². The van der Waals surface area contributed by atoms with E-state index in [1.165, 1.54) is 0 Å². The van der Waals surface area contributed by atoms with Gasteiger partial charge >= 0.3 is 0 Å². The van der Waals surface area contributed by atoms with E-state index in [4.69, 9.17) is 11.8 Å². The fourth-order valence-corrected chi connectivity index (χ4v) is 5.92. The highest BCUT2D eigenvalue weighted by Gasteiger charge is 2.21. The number of nitrogens with zero attached hydrogens (tertiary/aromatic N) is 2. The number of hydrogen-bond donors (Lipinski definition) is 0. The van der Waals surface area contributed by atoms with Gasteiger partial charge in [-0.15, -0.1) is 0 Å². The smallest absolute Gasteiger partial charge is 0.146 e. The average molecular weight is 528 g/mol. The summed E-state index contributed by atoms with van der Waals surface area (Å²) in [5, 5.41) is 3.96. The molecule has 0 fully saturated rings. The maximum absolute atomic E-state index is 8.88. The summed E-state index contributed by atoms with van der Waals surface area (Å²) in [5.74, 6) is 0.512. The van der Waals surface area contributed by atoms with Crippen molar-refractivity contribution >= 4 is 32.6 Å². The maximum atomic E-state index is 8.88. The van der Waals surface area contributed by atoms with E-state index in [0.717, 1.165) is 49.4 Å². The van der Waals surface area contributed by atoms with Gasteiger partial charge in [-0.3, -0.25) is 4.57 Å². The lowest BCUT2D eigenvalue weighted by Crippen LogP contribution is -1.99. The van der Waals surface area contributed by atoms with Gasteiger partial charge in [0.2, 0.25) is 0 Å². The summed E-state index contributed by atoms with van der Waals surface area (Å²) in [4.78, 5) is 5.10. The van der Waals surface area contributed by atoms with Crippen LogP contribution in [-0.4, -0.2) is 9.55 Å². The fraction of sp³-hybridized carbons (Fsp3) is 0. The zero-order valence-electron chi connectivity index (χ0n) is 27.0. The lowest BCUT2D eigenvalue weighted by Gasteiger charge is -2.18. The lowest BCUT2D eigenvalue weighted by molar-refractivity contribution is 1.11. The van der Waals surface area contributed by atoms with Gasteiger partial charge in [0, 0.05) is 11.3 Å². The first-order valence-electron chi connectivity index (χ1n) is 16.1. The molecule has 8 aromatic rings. The van der Waals surface area contributed by atoms with Crippen molar-refractivity contribution in [2.45, 2.75) is 0 Å². The van der Waals surface area contributed by atoms with Crippen molar-refractivity contribution in [3.63, 3.8) is 0 Å². The molecule has 0 aliphatic rings. The molecule has 0 spiro atoms. The second-order valence-corrected chi connectivity index (χ2v) is 10.0. The van der Waals surface area contributed by atoms with E-state index >= 15 is 0 Å². The van der Waals surface area contributed by atoms with Crippen LogP contribution in [0.25, 0.3) is 71.9 Å². The average Bonchev–Trinajstić information content (AvgIpc) is 3.48. The van der Waals surface area contributed by atoms with Gasteiger partial charge in [0.15, 0.2) is 0 Å². The molecular weight excluding hydrogens is 496 g/mol. The largest absolute Gasteiger partial charge is 0.292 e. The summed E-state index contributed by atoms with van der Waals surface area (Å²) in [6, 6.07) is 41.2. The lowest BCUT2D eigenvalue weighted by atomic mass is 9.87. The van der Waals surface area contributed by atoms with Crippen LogP contribution in [0.3, 0.4) is 0 Å². The number of imidazole rings is 1. The van der Waals surface area contributed by atoms with Crippen LogP contribution < -0.4 is 0 Å². The summed E-state index contributed by atoms with van der Waals surface area (Å²) in [5.41, 5.74) is 6.70. The van der Waals surface area contributed by atoms with E-state index in [0.29, 0.717) is 16.9 Å². The zero-order valence-corrected chi connectivity index (χ0v) is 22.0. The second-order valence-electron chi connectivity index (χ2n) is 10.0. The minimum Gasteiger partial charge on any atom is -0.292 e. The maximum Gasteiger partial charge on any atom is 0.146 e. The monoisotopic (exact) mass is 527 g/mol. The standard InChI is InChI=1S/C39H26N2/c1-3-13-27(14-4-1)28-23-25-29(26-24-28)37-31-17-7-9-19-33(31)38(34-20-10-8-18-32(34)37)39-40-35-21-11-12-22-36(35)41(39)30-15-5-2-6-16-30/h1-26H/i2D,5D,6D,15D,16D. The van der Waals surface area contributed by atoms with Crippen LogP contribution in [0, 0.1) is 0 Å². The van der Waals surface area contributed by atoms with Crippen LogP contribution in [0.5, 0.6) is 0 Å². The van der Waals surface area contributed by atoms with Crippen LogP contribution in [0.1, 0.15) is 6.85 Å².